The molecule has 0 saturated heterocycles. The lowest BCUT2D eigenvalue weighted by Crippen LogP contribution is -2.29. The van der Waals surface area contributed by atoms with Crippen LogP contribution in [0.2, 0.25) is 0 Å². The molecule has 1 atom stereocenters. The molecule has 0 bridgehead atoms. The van der Waals surface area contributed by atoms with Gasteiger partial charge >= 0.3 is 5.97 Å². The van der Waals surface area contributed by atoms with Crippen LogP contribution in [0.1, 0.15) is 19.4 Å². The highest BCUT2D eigenvalue weighted by Gasteiger charge is 2.20. The van der Waals surface area contributed by atoms with Crippen molar-refractivity contribution < 1.29 is 14.3 Å². The molecule has 1 aromatic heterocycles. The molecule has 0 spiro atoms. The summed E-state index contributed by atoms with van der Waals surface area (Å²) in [6, 6.07) is 12.0. The number of carbonyl (C=O) groups excluding carboxylic acids is 1. The number of hydrogen-bond acceptors (Lipinski definition) is 5. The number of anilines is 1. The van der Waals surface area contributed by atoms with Crippen molar-refractivity contribution in [3.8, 4) is 11.3 Å². The van der Waals surface area contributed by atoms with Crippen molar-refractivity contribution >= 4 is 11.7 Å². The summed E-state index contributed by atoms with van der Waals surface area (Å²) >= 11 is 0. The van der Waals surface area contributed by atoms with Gasteiger partial charge in [0.1, 0.15) is 0 Å². The van der Waals surface area contributed by atoms with Gasteiger partial charge in [-0.15, -0.1) is 0 Å². The van der Waals surface area contributed by atoms with Crippen molar-refractivity contribution in [3.63, 3.8) is 0 Å². The van der Waals surface area contributed by atoms with Gasteiger partial charge in [-0.3, -0.25) is 4.98 Å². The fourth-order valence-corrected chi connectivity index (χ4v) is 2.41. The van der Waals surface area contributed by atoms with E-state index in [0.717, 1.165) is 22.5 Å². The summed E-state index contributed by atoms with van der Waals surface area (Å²) < 4.78 is 10.6. The number of nitrogens with zero attached hydrogens (tertiary/aromatic N) is 1. The second kappa shape index (κ2) is 9.03. The van der Waals surface area contributed by atoms with E-state index in [1.165, 1.54) is 0 Å². The molecular weight excluding hydrogens is 304 g/mol. The molecule has 0 amide bonds. The molecule has 1 aromatic carbocycles. The van der Waals surface area contributed by atoms with E-state index in [2.05, 4.69) is 10.3 Å². The second-order valence-electron chi connectivity index (χ2n) is 5.28. The minimum atomic E-state index is -0.588. The van der Waals surface area contributed by atoms with E-state index in [0.29, 0.717) is 19.6 Å². The van der Waals surface area contributed by atoms with Crippen LogP contribution in [0.15, 0.2) is 42.6 Å². The molecule has 1 heterocycles. The van der Waals surface area contributed by atoms with Gasteiger partial charge in [0.05, 0.1) is 12.3 Å². The van der Waals surface area contributed by atoms with Crippen molar-refractivity contribution in [2.24, 2.45) is 0 Å². The van der Waals surface area contributed by atoms with Crippen molar-refractivity contribution in [3.05, 3.63) is 48.2 Å². The van der Waals surface area contributed by atoms with E-state index < -0.39 is 6.10 Å². The second-order valence-corrected chi connectivity index (χ2v) is 5.28. The van der Waals surface area contributed by atoms with E-state index in [1.54, 1.807) is 13.1 Å². The van der Waals surface area contributed by atoms with E-state index in [9.17, 15) is 4.79 Å². The fourth-order valence-electron chi connectivity index (χ4n) is 2.41. The molecule has 24 heavy (non-hydrogen) atoms. The number of aromatic nitrogens is 1. The van der Waals surface area contributed by atoms with Crippen LogP contribution in [-0.4, -0.2) is 37.3 Å². The monoisotopic (exact) mass is 328 g/mol. The molecule has 0 aliphatic carbocycles. The molecule has 0 saturated carbocycles. The summed E-state index contributed by atoms with van der Waals surface area (Å²) in [4.78, 5) is 16.4. The molecule has 0 radical (unpaired) electrons. The smallest absolute Gasteiger partial charge is 0.335 e. The first-order valence-electron chi connectivity index (χ1n) is 8.19. The molecule has 0 aliphatic heterocycles. The zero-order chi connectivity index (χ0) is 17.4. The molecule has 5 heteroatoms. The first-order valence-corrected chi connectivity index (χ1v) is 8.19. The van der Waals surface area contributed by atoms with E-state index in [-0.39, 0.29) is 5.97 Å². The number of hydrogen-bond donors (Lipinski definition) is 1. The maximum atomic E-state index is 11.9. The molecule has 128 valence electrons. The summed E-state index contributed by atoms with van der Waals surface area (Å²) in [5.41, 5.74) is 3.91. The van der Waals surface area contributed by atoms with Crippen molar-refractivity contribution in [1.29, 1.82) is 0 Å². The lowest BCUT2D eigenvalue weighted by molar-refractivity contribution is -0.156. The molecular formula is C19H24N2O3. The average Bonchev–Trinajstić information content (AvgIpc) is 2.62. The van der Waals surface area contributed by atoms with Gasteiger partial charge in [0.2, 0.25) is 0 Å². The summed E-state index contributed by atoms with van der Waals surface area (Å²) in [6.45, 7) is 4.46. The summed E-state index contributed by atoms with van der Waals surface area (Å²) in [5, 5.41) is 3.12. The SMILES string of the molecule is CCOC(=O)C(Cc1ccc(-c2cccc(NC)c2)nc1)OCC. The van der Waals surface area contributed by atoms with Gasteiger partial charge in [0.15, 0.2) is 6.10 Å². The van der Waals surface area contributed by atoms with Gasteiger partial charge in [-0.25, -0.2) is 4.79 Å². The van der Waals surface area contributed by atoms with Gasteiger partial charge in [-0.1, -0.05) is 18.2 Å². The van der Waals surface area contributed by atoms with Crippen LogP contribution in [0.25, 0.3) is 11.3 Å². The van der Waals surface area contributed by atoms with Crippen molar-refractivity contribution in [2.45, 2.75) is 26.4 Å². The molecule has 1 unspecified atom stereocenters. The quantitative estimate of drug-likeness (QED) is 0.753. The third-order valence-electron chi connectivity index (χ3n) is 3.61. The maximum Gasteiger partial charge on any atom is 0.335 e. The van der Waals surface area contributed by atoms with Crippen LogP contribution in [0.4, 0.5) is 5.69 Å². The maximum absolute atomic E-state index is 11.9. The number of esters is 1. The van der Waals surface area contributed by atoms with Gasteiger partial charge < -0.3 is 14.8 Å². The minimum absolute atomic E-state index is 0.329. The lowest BCUT2D eigenvalue weighted by atomic mass is 10.1. The van der Waals surface area contributed by atoms with Crippen LogP contribution >= 0.6 is 0 Å². The number of benzene rings is 1. The van der Waals surface area contributed by atoms with Crippen LogP contribution in [0.3, 0.4) is 0 Å². The first kappa shape index (κ1) is 17.9. The van der Waals surface area contributed by atoms with Crippen LogP contribution in [-0.2, 0) is 20.7 Å². The Kier molecular flexibility index (Phi) is 6.75. The predicted octanol–water partition coefficient (Wildman–Crippen LogP) is 3.30. The van der Waals surface area contributed by atoms with E-state index in [1.807, 2.05) is 50.4 Å². The van der Waals surface area contributed by atoms with E-state index >= 15 is 0 Å². The van der Waals surface area contributed by atoms with Gasteiger partial charge in [0.25, 0.3) is 0 Å². The molecule has 2 aromatic rings. The Morgan fingerprint density at radius 1 is 1.21 bits per heavy atom. The average molecular weight is 328 g/mol. The Labute approximate surface area is 143 Å². The Hall–Kier alpha value is -2.40. The highest BCUT2D eigenvalue weighted by molar-refractivity contribution is 5.75. The number of nitrogens with one attached hydrogen (secondary N) is 1. The molecule has 5 nitrogen and oxygen atoms in total. The Balaban J connectivity index is 2.11. The summed E-state index contributed by atoms with van der Waals surface area (Å²) in [7, 11) is 1.89. The fraction of sp³-hybridized carbons (Fsp3) is 0.368. The number of ether oxygens (including phenoxy) is 2. The Morgan fingerprint density at radius 2 is 2.04 bits per heavy atom. The number of rotatable bonds is 8. The lowest BCUT2D eigenvalue weighted by Gasteiger charge is -2.15. The third-order valence-corrected chi connectivity index (χ3v) is 3.61. The predicted molar refractivity (Wildman–Crippen MR) is 95.0 cm³/mol. The van der Waals surface area contributed by atoms with Gasteiger partial charge in [-0.05, 0) is 37.6 Å². The van der Waals surface area contributed by atoms with Gasteiger partial charge in [0, 0.05) is 37.5 Å². The summed E-state index contributed by atoms with van der Waals surface area (Å²) in [6.07, 6.45) is 1.65. The van der Waals surface area contributed by atoms with Crippen LogP contribution in [0, 0.1) is 0 Å². The number of pyridine rings is 1. The third kappa shape index (κ3) is 4.80. The largest absolute Gasteiger partial charge is 0.464 e. The standard InChI is InChI=1S/C19H24N2O3/c1-4-23-18(19(22)24-5-2)11-14-9-10-17(21-13-14)15-7-6-8-16(12-15)20-3/h6-10,12-13,18,20H,4-5,11H2,1-3H3. The van der Waals surface area contributed by atoms with Crippen molar-refractivity contribution in [1.82, 2.24) is 4.98 Å². The molecule has 0 fully saturated rings. The molecule has 1 N–H and O–H groups in total. The van der Waals surface area contributed by atoms with Crippen LogP contribution in [0.5, 0.6) is 0 Å². The zero-order valence-corrected chi connectivity index (χ0v) is 14.4. The minimum Gasteiger partial charge on any atom is -0.464 e. The summed E-state index contributed by atoms with van der Waals surface area (Å²) in [5.74, 6) is -0.329. The van der Waals surface area contributed by atoms with Crippen LogP contribution < -0.4 is 5.32 Å². The first-order chi connectivity index (χ1) is 11.7. The highest BCUT2D eigenvalue weighted by atomic mass is 16.6. The highest BCUT2D eigenvalue weighted by Crippen LogP contribution is 2.21. The molecule has 0 aliphatic rings. The Bertz CT molecular complexity index is 656. The van der Waals surface area contributed by atoms with Gasteiger partial charge in [-0.2, -0.15) is 0 Å². The molecule has 2 rings (SSSR count). The topological polar surface area (TPSA) is 60.5 Å². The van der Waals surface area contributed by atoms with E-state index in [4.69, 9.17) is 9.47 Å². The Morgan fingerprint density at radius 3 is 2.67 bits per heavy atom. The normalized spacial score (nSPS) is 11.8. The van der Waals surface area contributed by atoms with Crippen molar-refractivity contribution in [2.75, 3.05) is 25.6 Å². The number of carbonyl (C=O) groups is 1. The zero-order valence-electron chi connectivity index (χ0n) is 14.4.